The van der Waals surface area contributed by atoms with Crippen LogP contribution in [0.4, 0.5) is 4.39 Å². The molecular weight excluding hydrogens is 347 g/mol. The van der Waals surface area contributed by atoms with Gasteiger partial charge in [-0.1, -0.05) is 6.07 Å². The quantitative estimate of drug-likeness (QED) is 0.488. The Kier molecular flexibility index (Phi) is 7.38. The fraction of sp³-hybridized carbons (Fsp3) is 0.450. The first-order chi connectivity index (χ1) is 12.8. The molecule has 1 aromatic heterocycles. The van der Waals surface area contributed by atoms with Crippen LogP contribution in [0.3, 0.4) is 0 Å². The topological polar surface area (TPSA) is 73.0 Å². The zero-order valence-corrected chi connectivity index (χ0v) is 16.4. The van der Waals surface area contributed by atoms with Crippen molar-refractivity contribution in [1.82, 2.24) is 15.5 Å². The van der Waals surface area contributed by atoms with E-state index < -0.39 is 5.60 Å². The highest BCUT2D eigenvalue weighted by Crippen LogP contribution is 2.19. The molecule has 0 amide bonds. The summed E-state index contributed by atoms with van der Waals surface area (Å²) in [6.45, 7) is 5.50. The molecule has 1 aromatic carbocycles. The molecule has 27 heavy (non-hydrogen) atoms. The summed E-state index contributed by atoms with van der Waals surface area (Å²) >= 11 is 0. The van der Waals surface area contributed by atoms with Crippen molar-refractivity contribution < 1.29 is 13.9 Å². The summed E-state index contributed by atoms with van der Waals surface area (Å²) in [5, 5.41) is 16.8. The third-order valence-corrected chi connectivity index (χ3v) is 4.01. The summed E-state index contributed by atoms with van der Waals surface area (Å²) in [5.74, 6) is 0.844. The summed E-state index contributed by atoms with van der Waals surface area (Å²) in [6.07, 6.45) is 1.53. The summed E-state index contributed by atoms with van der Waals surface area (Å²) in [7, 11) is 3.81. The molecule has 0 bridgehead atoms. The number of halogens is 1. The Balaban J connectivity index is 2.05. The van der Waals surface area contributed by atoms with E-state index in [0.29, 0.717) is 36.9 Å². The van der Waals surface area contributed by atoms with E-state index in [2.05, 4.69) is 15.6 Å². The minimum absolute atomic E-state index is 0.212. The van der Waals surface area contributed by atoms with Gasteiger partial charge in [0.05, 0.1) is 19.4 Å². The molecule has 0 aliphatic heterocycles. The van der Waals surface area contributed by atoms with E-state index in [4.69, 9.17) is 4.42 Å². The Hall–Kier alpha value is -2.38. The fourth-order valence-electron chi connectivity index (χ4n) is 2.63. The molecule has 7 heteroatoms. The van der Waals surface area contributed by atoms with Gasteiger partial charge in [0.2, 0.25) is 0 Å². The lowest BCUT2D eigenvalue weighted by Gasteiger charge is -2.22. The Morgan fingerprint density at radius 1 is 1.30 bits per heavy atom. The molecule has 3 N–H and O–H groups in total. The molecule has 2 rings (SSSR count). The van der Waals surface area contributed by atoms with Crippen LogP contribution in [0.5, 0.6) is 0 Å². The standard InChI is InChI=1S/C20H29FN4O2/c1-5-22-19(24-14-20(2,26)18-7-6-10-27-18)23-12-15-8-9-17(21)16(11-15)13-25(3)4/h6-11,26H,5,12-14H2,1-4H3,(H2,22,23,24). The third-order valence-electron chi connectivity index (χ3n) is 4.01. The number of benzene rings is 1. The van der Waals surface area contributed by atoms with E-state index in [-0.39, 0.29) is 12.4 Å². The number of hydrogen-bond donors (Lipinski definition) is 3. The van der Waals surface area contributed by atoms with Crippen LogP contribution >= 0.6 is 0 Å². The van der Waals surface area contributed by atoms with Gasteiger partial charge in [0.25, 0.3) is 0 Å². The van der Waals surface area contributed by atoms with Crippen LogP contribution in [-0.2, 0) is 18.7 Å². The molecule has 1 atom stereocenters. The van der Waals surface area contributed by atoms with Crippen LogP contribution in [0.1, 0.15) is 30.7 Å². The Bertz CT molecular complexity index is 742. The SMILES string of the molecule is CCNC(=NCc1ccc(F)c(CN(C)C)c1)NCC(C)(O)c1ccco1. The molecule has 2 aromatic rings. The molecule has 0 radical (unpaired) electrons. The van der Waals surface area contributed by atoms with Crippen LogP contribution in [-0.4, -0.2) is 43.2 Å². The highest BCUT2D eigenvalue weighted by atomic mass is 19.1. The van der Waals surface area contributed by atoms with Crippen molar-refractivity contribution >= 4 is 5.96 Å². The minimum Gasteiger partial charge on any atom is -0.466 e. The average Bonchev–Trinajstić information content (AvgIpc) is 3.15. The number of aliphatic hydroxyl groups is 1. The molecular formula is C20H29FN4O2. The second-order valence-electron chi connectivity index (χ2n) is 6.96. The number of rotatable bonds is 8. The van der Waals surface area contributed by atoms with Crippen molar-refractivity contribution in [2.75, 3.05) is 27.2 Å². The number of furan rings is 1. The highest BCUT2D eigenvalue weighted by Gasteiger charge is 2.26. The van der Waals surface area contributed by atoms with E-state index in [1.54, 1.807) is 25.1 Å². The number of nitrogens with one attached hydrogen (secondary N) is 2. The summed E-state index contributed by atoms with van der Waals surface area (Å²) in [4.78, 5) is 6.46. The molecule has 0 fully saturated rings. The van der Waals surface area contributed by atoms with Crippen LogP contribution in [0.2, 0.25) is 0 Å². The second-order valence-corrected chi connectivity index (χ2v) is 6.96. The van der Waals surface area contributed by atoms with Gasteiger partial charge < -0.3 is 25.1 Å². The Labute approximate surface area is 160 Å². The van der Waals surface area contributed by atoms with Crippen molar-refractivity contribution in [2.24, 2.45) is 4.99 Å². The van der Waals surface area contributed by atoms with E-state index in [1.165, 1.54) is 12.3 Å². The first-order valence-corrected chi connectivity index (χ1v) is 9.02. The maximum absolute atomic E-state index is 13.9. The van der Waals surface area contributed by atoms with Crippen molar-refractivity contribution in [3.05, 3.63) is 59.3 Å². The Morgan fingerprint density at radius 3 is 2.70 bits per heavy atom. The van der Waals surface area contributed by atoms with E-state index in [1.807, 2.05) is 32.0 Å². The van der Waals surface area contributed by atoms with Gasteiger partial charge in [-0.3, -0.25) is 0 Å². The van der Waals surface area contributed by atoms with Gasteiger partial charge in [0.15, 0.2) is 5.96 Å². The summed E-state index contributed by atoms with van der Waals surface area (Å²) < 4.78 is 19.2. The van der Waals surface area contributed by atoms with Crippen molar-refractivity contribution in [1.29, 1.82) is 0 Å². The Morgan fingerprint density at radius 2 is 2.07 bits per heavy atom. The van der Waals surface area contributed by atoms with Gasteiger partial charge in [0.1, 0.15) is 17.2 Å². The lowest BCUT2D eigenvalue weighted by molar-refractivity contribution is 0.0386. The molecule has 148 valence electrons. The first-order valence-electron chi connectivity index (χ1n) is 9.02. The summed E-state index contributed by atoms with van der Waals surface area (Å²) in [6, 6.07) is 8.52. The van der Waals surface area contributed by atoms with Gasteiger partial charge in [-0.05, 0) is 57.8 Å². The largest absolute Gasteiger partial charge is 0.466 e. The van der Waals surface area contributed by atoms with Gasteiger partial charge in [-0.25, -0.2) is 9.38 Å². The highest BCUT2D eigenvalue weighted by molar-refractivity contribution is 5.79. The van der Waals surface area contributed by atoms with Crippen LogP contribution < -0.4 is 10.6 Å². The molecule has 1 heterocycles. The predicted molar refractivity (Wildman–Crippen MR) is 105 cm³/mol. The zero-order chi connectivity index (χ0) is 19.9. The molecule has 0 aliphatic carbocycles. The molecule has 1 unspecified atom stereocenters. The van der Waals surface area contributed by atoms with Gasteiger partial charge in [-0.2, -0.15) is 0 Å². The van der Waals surface area contributed by atoms with E-state index in [9.17, 15) is 9.50 Å². The van der Waals surface area contributed by atoms with Gasteiger partial charge in [-0.15, -0.1) is 0 Å². The number of aliphatic imine (C=N–C) groups is 1. The molecule has 0 spiro atoms. The molecule has 6 nitrogen and oxygen atoms in total. The van der Waals surface area contributed by atoms with E-state index in [0.717, 1.165) is 5.56 Å². The predicted octanol–water partition coefficient (Wildman–Crippen LogP) is 2.44. The maximum atomic E-state index is 13.9. The van der Waals surface area contributed by atoms with Crippen LogP contribution in [0.25, 0.3) is 0 Å². The van der Waals surface area contributed by atoms with Crippen molar-refractivity contribution in [3.8, 4) is 0 Å². The monoisotopic (exact) mass is 376 g/mol. The summed E-state index contributed by atoms with van der Waals surface area (Å²) in [5.41, 5.74) is 0.406. The number of hydrogen-bond acceptors (Lipinski definition) is 4. The van der Waals surface area contributed by atoms with Crippen molar-refractivity contribution in [3.63, 3.8) is 0 Å². The second kappa shape index (κ2) is 9.53. The molecule has 0 saturated heterocycles. The fourth-order valence-corrected chi connectivity index (χ4v) is 2.63. The van der Waals surface area contributed by atoms with E-state index >= 15 is 0 Å². The van der Waals surface area contributed by atoms with Crippen molar-refractivity contribution in [2.45, 2.75) is 32.5 Å². The van der Waals surface area contributed by atoms with Crippen LogP contribution in [0.15, 0.2) is 46.0 Å². The zero-order valence-electron chi connectivity index (χ0n) is 16.4. The number of nitrogens with zero attached hydrogens (tertiary/aromatic N) is 2. The first kappa shape index (κ1) is 20.9. The molecule has 0 aliphatic rings. The molecule has 0 saturated carbocycles. The van der Waals surface area contributed by atoms with Gasteiger partial charge >= 0.3 is 0 Å². The normalized spacial score (nSPS) is 14.3. The lowest BCUT2D eigenvalue weighted by Crippen LogP contribution is -2.44. The van der Waals surface area contributed by atoms with Crippen LogP contribution in [0, 0.1) is 5.82 Å². The average molecular weight is 376 g/mol. The smallest absolute Gasteiger partial charge is 0.191 e. The van der Waals surface area contributed by atoms with Gasteiger partial charge in [0, 0.05) is 18.7 Å². The number of guanidine groups is 1. The third kappa shape index (κ3) is 6.37. The maximum Gasteiger partial charge on any atom is 0.191 e. The minimum atomic E-state index is -1.16. The lowest BCUT2D eigenvalue weighted by atomic mass is 10.0.